The molecule has 6 heteroatoms. The molecule has 0 saturated heterocycles. The van der Waals surface area contributed by atoms with Crippen LogP contribution in [0.5, 0.6) is 0 Å². The van der Waals surface area contributed by atoms with E-state index in [4.69, 9.17) is 23.2 Å². The molecule has 3 rings (SSSR count). The van der Waals surface area contributed by atoms with Crippen LogP contribution in [0.15, 0.2) is 53.5 Å². The van der Waals surface area contributed by atoms with E-state index in [9.17, 15) is 4.79 Å². The van der Waals surface area contributed by atoms with Gasteiger partial charge in [-0.3, -0.25) is 9.78 Å². The Hall–Kier alpha value is -1.88. The topological polar surface area (TPSA) is 42.0 Å². The molecule has 1 N–H and O–H groups in total. The van der Waals surface area contributed by atoms with Gasteiger partial charge in [-0.05, 0) is 58.1 Å². The molecule has 2 heterocycles. The van der Waals surface area contributed by atoms with Crippen LogP contribution in [-0.2, 0) is 17.8 Å². The largest absolute Gasteiger partial charge is 0.352 e. The lowest BCUT2D eigenvalue weighted by Gasteiger charge is -2.08. The molecule has 0 unspecified atom stereocenters. The molecule has 25 heavy (non-hydrogen) atoms. The minimum absolute atomic E-state index is 0.0213. The fraction of sp³-hybridized carbons (Fsp3) is 0.158. The number of nitrogens with zero attached hydrogens (tertiary/aromatic N) is 1. The van der Waals surface area contributed by atoms with Crippen molar-refractivity contribution in [3.05, 3.63) is 74.7 Å². The Bertz CT molecular complexity index is 866. The zero-order valence-electron chi connectivity index (χ0n) is 13.3. The Balaban J connectivity index is 1.53. The SMILES string of the molecule is O=C(CCc1ccc(Cl)cc1Cl)NCc1cncc(-c2ccsc2)c1. The fourth-order valence-electron chi connectivity index (χ4n) is 2.43. The third-order valence-electron chi connectivity index (χ3n) is 3.78. The van der Waals surface area contributed by atoms with Crippen molar-refractivity contribution in [1.82, 2.24) is 10.3 Å². The minimum atomic E-state index is -0.0213. The van der Waals surface area contributed by atoms with Gasteiger partial charge in [0.05, 0.1) is 0 Å². The summed E-state index contributed by atoms with van der Waals surface area (Å²) in [5, 5.41) is 8.22. The van der Waals surface area contributed by atoms with Gasteiger partial charge in [0.1, 0.15) is 0 Å². The molecule has 0 aliphatic carbocycles. The van der Waals surface area contributed by atoms with Gasteiger partial charge in [0.15, 0.2) is 0 Å². The van der Waals surface area contributed by atoms with Crippen molar-refractivity contribution < 1.29 is 4.79 Å². The maximum atomic E-state index is 12.1. The van der Waals surface area contributed by atoms with Crippen molar-refractivity contribution in [2.45, 2.75) is 19.4 Å². The number of benzene rings is 1. The lowest BCUT2D eigenvalue weighted by Crippen LogP contribution is -2.23. The van der Waals surface area contributed by atoms with Crippen molar-refractivity contribution in [2.75, 3.05) is 0 Å². The number of hydrogen-bond acceptors (Lipinski definition) is 3. The average Bonchev–Trinajstić information content (AvgIpc) is 3.14. The molecular weight excluding hydrogens is 375 g/mol. The highest BCUT2D eigenvalue weighted by Gasteiger charge is 2.07. The molecule has 0 radical (unpaired) electrons. The van der Waals surface area contributed by atoms with Gasteiger partial charge in [0.2, 0.25) is 5.91 Å². The van der Waals surface area contributed by atoms with Crippen LogP contribution in [0.25, 0.3) is 11.1 Å². The predicted octanol–water partition coefficient (Wildman–Crippen LogP) is 5.37. The normalized spacial score (nSPS) is 10.6. The number of carbonyl (C=O) groups excluding carboxylic acids is 1. The Morgan fingerprint density at radius 2 is 2.00 bits per heavy atom. The van der Waals surface area contributed by atoms with Gasteiger partial charge in [-0.15, -0.1) is 0 Å². The lowest BCUT2D eigenvalue weighted by molar-refractivity contribution is -0.121. The number of rotatable bonds is 6. The van der Waals surface area contributed by atoms with Crippen molar-refractivity contribution in [1.29, 1.82) is 0 Å². The number of aryl methyl sites for hydroxylation is 1. The van der Waals surface area contributed by atoms with E-state index < -0.39 is 0 Å². The van der Waals surface area contributed by atoms with Crippen molar-refractivity contribution in [2.24, 2.45) is 0 Å². The van der Waals surface area contributed by atoms with E-state index in [2.05, 4.69) is 21.7 Å². The summed E-state index contributed by atoms with van der Waals surface area (Å²) >= 11 is 13.7. The number of aromatic nitrogens is 1. The summed E-state index contributed by atoms with van der Waals surface area (Å²) in [5.74, 6) is -0.0213. The highest BCUT2D eigenvalue weighted by Crippen LogP contribution is 2.23. The third kappa shape index (κ3) is 5.05. The minimum Gasteiger partial charge on any atom is -0.352 e. The van der Waals surface area contributed by atoms with E-state index in [1.807, 2.05) is 23.7 Å². The second kappa shape index (κ2) is 8.48. The Morgan fingerprint density at radius 1 is 1.12 bits per heavy atom. The zero-order valence-corrected chi connectivity index (χ0v) is 15.7. The van der Waals surface area contributed by atoms with Gasteiger partial charge < -0.3 is 5.32 Å². The fourth-order valence-corrected chi connectivity index (χ4v) is 3.60. The first kappa shape index (κ1) is 17.9. The summed E-state index contributed by atoms with van der Waals surface area (Å²) in [5.41, 5.74) is 4.09. The summed E-state index contributed by atoms with van der Waals surface area (Å²) in [7, 11) is 0. The van der Waals surface area contributed by atoms with Gasteiger partial charge in [0, 0.05) is 41.0 Å². The molecule has 0 saturated carbocycles. The van der Waals surface area contributed by atoms with E-state index in [-0.39, 0.29) is 5.91 Å². The summed E-state index contributed by atoms with van der Waals surface area (Å²) < 4.78 is 0. The number of thiophene rings is 1. The van der Waals surface area contributed by atoms with Crippen LogP contribution < -0.4 is 5.32 Å². The molecule has 0 fully saturated rings. The Kier molecular flexibility index (Phi) is 6.08. The van der Waals surface area contributed by atoms with E-state index in [0.29, 0.717) is 29.4 Å². The first-order valence-corrected chi connectivity index (χ1v) is 9.49. The lowest BCUT2D eigenvalue weighted by atomic mass is 10.1. The molecule has 0 spiro atoms. The van der Waals surface area contributed by atoms with Gasteiger partial charge in [-0.25, -0.2) is 0 Å². The molecule has 1 amide bonds. The number of hydrogen-bond donors (Lipinski definition) is 1. The molecule has 1 aromatic carbocycles. The first-order chi connectivity index (χ1) is 12.1. The van der Waals surface area contributed by atoms with Crippen LogP contribution in [0, 0.1) is 0 Å². The molecule has 0 aliphatic heterocycles. The number of nitrogens with one attached hydrogen (secondary N) is 1. The van der Waals surface area contributed by atoms with Crippen LogP contribution >= 0.6 is 34.5 Å². The number of halogens is 2. The molecule has 128 valence electrons. The highest BCUT2D eigenvalue weighted by molar-refractivity contribution is 7.08. The number of carbonyl (C=O) groups is 1. The van der Waals surface area contributed by atoms with Gasteiger partial charge in [0.25, 0.3) is 0 Å². The van der Waals surface area contributed by atoms with E-state index >= 15 is 0 Å². The monoisotopic (exact) mass is 390 g/mol. The number of amides is 1. The van der Waals surface area contributed by atoms with Crippen LogP contribution in [0.1, 0.15) is 17.5 Å². The summed E-state index contributed by atoms with van der Waals surface area (Å²) in [6, 6.07) is 9.43. The van der Waals surface area contributed by atoms with Gasteiger partial charge in [-0.1, -0.05) is 29.3 Å². The van der Waals surface area contributed by atoms with E-state index in [0.717, 1.165) is 22.3 Å². The second-order valence-corrected chi connectivity index (χ2v) is 7.23. The van der Waals surface area contributed by atoms with Gasteiger partial charge in [-0.2, -0.15) is 11.3 Å². The average molecular weight is 391 g/mol. The summed E-state index contributed by atoms with van der Waals surface area (Å²) in [6.45, 7) is 0.457. The third-order valence-corrected chi connectivity index (χ3v) is 5.05. The van der Waals surface area contributed by atoms with Crippen LogP contribution in [0.4, 0.5) is 0 Å². The molecule has 2 aromatic heterocycles. The van der Waals surface area contributed by atoms with E-state index in [1.54, 1.807) is 29.7 Å². The summed E-state index contributed by atoms with van der Waals surface area (Å²) in [6.07, 6.45) is 4.55. The van der Waals surface area contributed by atoms with Crippen LogP contribution in [0.3, 0.4) is 0 Å². The molecular formula is C19H16Cl2N2OS. The number of pyridine rings is 1. The zero-order chi connectivity index (χ0) is 17.6. The molecule has 3 nitrogen and oxygen atoms in total. The summed E-state index contributed by atoms with van der Waals surface area (Å²) in [4.78, 5) is 16.3. The standard InChI is InChI=1S/C19H16Cl2N2OS/c20-17-3-1-14(18(21)8-17)2-4-19(24)23-10-13-7-16(11-22-9-13)15-5-6-25-12-15/h1,3,5-9,11-12H,2,4,10H2,(H,23,24). The second-order valence-electron chi connectivity index (χ2n) is 5.61. The molecule has 0 bridgehead atoms. The van der Waals surface area contributed by atoms with E-state index in [1.165, 1.54) is 0 Å². The quantitative estimate of drug-likeness (QED) is 0.614. The predicted molar refractivity (Wildman–Crippen MR) is 104 cm³/mol. The van der Waals surface area contributed by atoms with Crippen molar-refractivity contribution in [3.63, 3.8) is 0 Å². The van der Waals surface area contributed by atoms with Crippen LogP contribution in [-0.4, -0.2) is 10.9 Å². The Labute approximate surface area is 160 Å². The highest BCUT2D eigenvalue weighted by atomic mass is 35.5. The van der Waals surface area contributed by atoms with Crippen molar-refractivity contribution >= 4 is 40.4 Å². The smallest absolute Gasteiger partial charge is 0.220 e. The maximum absolute atomic E-state index is 12.1. The maximum Gasteiger partial charge on any atom is 0.220 e. The molecule has 3 aromatic rings. The molecule has 0 atom stereocenters. The molecule has 0 aliphatic rings. The van der Waals surface area contributed by atoms with Gasteiger partial charge >= 0.3 is 0 Å². The van der Waals surface area contributed by atoms with Crippen LogP contribution in [0.2, 0.25) is 10.0 Å². The Morgan fingerprint density at radius 3 is 2.76 bits per heavy atom. The van der Waals surface area contributed by atoms with Crippen molar-refractivity contribution in [3.8, 4) is 11.1 Å². The first-order valence-electron chi connectivity index (χ1n) is 7.79.